The molecule has 26 heteroatoms. The van der Waals surface area contributed by atoms with Crippen LogP contribution in [0.4, 0.5) is 0 Å². The van der Waals surface area contributed by atoms with Crippen LogP contribution in [0, 0.1) is 0 Å². The molecule has 0 saturated carbocycles. The van der Waals surface area contributed by atoms with Gasteiger partial charge in [0.15, 0.2) is 61.6 Å². The fourth-order valence-corrected chi connectivity index (χ4v) is 8.40. The van der Waals surface area contributed by atoms with E-state index in [4.69, 9.17) is 87.4 Å². The molecule has 15 atom stereocenters. The fourth-order valence-electron chi connectivity index (χ4n) is 8.32. The van der Waals surface area contributed by atoms with Crippen LogP contribution in [0.3, 0.4) is 0 Å². The van der Waals surface area contributed by atoms with Crippen molar-refractivity contribution < 1.29 is 119 Å². The molecule has 0 spiro atoms. The zero-order valence-electron chi connectivity index (χ0n) is 42.8. The Morgan fingerprint density at radius 2 is 0.750 bits per heavy atom. The van der Waals surface area contributed by atoms with E-state index in [2.05, 4.69) is 0 Å². The molecule has 3 heterocycles. The summed E-state index contributed by atoms with van der Waals surface area (Å²) in [6, 6.07) is 17.6. The highest BCUT2D eigenvalue weighted by Crippen LogP contribution is 2.38. The monoisotopic (exact) mass is 1100 g/mol. The normalized spacial score (nSPS) is 29.0. The van der Waals surface area contributed by atoms with Crippen molar-refractivity contribution in [2.24, 2.45) is 0 Å². The Kier molecular flexibility index (Phi) is 23.3. The second-order valence-electron chi connectivity index (χ2n) is 17.3. The number of alkyl halides is 1. The van der Waals surface area contributed by atoms with Crippen LogP contribution in [0.5, 0.6) is 0 Å². The highest BCUT2D eigenvalue weighted by Gasteiger charge is 2.60. The summed E-state index contributed by atoms with van der Waals surface area (Å²) >= 11 is 5.78. The van der Waals surface area contributed by atoms with E-state index in [0.717, 1.165) is 61.0 Å². The van der Waals surface area contributed by atoms with Gasteiger partial charge in [-0.05, 0) is 11.1 Å². The van der Waals surface area contributed by atoms with E-state index >= 15 is 0 Å². The largest absolute Gasteiger partial charge is 0.463 e. The predicted molar refractivity (Wildman–Crippen MR) is 250 cm³/mol. The average Bonchev–Trinajstić information content (AvgIpc) is 3.35. The molecule has 0 bridgehead atoms. The third-order valence-corrected chi connectivity index (χ3v) is 11.3. The SMILES string of the molecule is CC(=O)OC[C@H]1O[C@@H](OCc2ccccc2)[C@H](OC(C)=O)[C@@H](OC(C)=O)[C@@H]1O[C@@H]1O[C@H](COC(=O)CCl)[C@H](OC(C)=O)[C@H](O[C@@H]2O[C@H](COCc3ccccc3)[C@H](OC(C)=O)[C@H](OC(C)=O)[C@H]2OC(C)=O)[C@H]1OC(C)=O. The van der Waals surface area contributed by atoms with Crippen molar-refractivity contribution in [2.75, 3.05) is 25.7 Å². The lowest BCUT2D eigenvalue weighted by Crippen LogP contribution is -2.69. The van der Waals surface area contributed by atoms with Gasteiger partial charge in [0, 0.05) is 55.4 Å². The molecular weight excluding hydrogens is 1040 g/mol. The summed E-state index contributed by atoms with van der Waals surface area (Å²) in [5.41, 5.74) is 1.36. The summed E-state index contributed by atoms with van der Waals surface area (Å²) in [5.74, 6) is -9.17. The maximum absolute atomic E-state index is 13.3. The van der Waals surface area contributed by atoms with Crippen molar-refractivity contribution in [2.45, 2.75) is 161 Å². The van der Waals surface area contributed by atoms with Gasteiger partial charge in [0.1, 0.15) is 49.6 Å². The van der Waals surface area contributed by atoms with Gasteiger partial charge in [-0.1, -0.05) is 60.7 Å². The van der Waals surface area contributed by atoms with Gasteiger partial charge in [-0.2, -0.15) is 0 Å². The Morgan fingerprint density at radius 3 is 1.22 bits per heavy atom. The topological polar surface area (TPSA) is 301 Å². The first kappa shape index (κ1) is 60.5. The predicted octanol–water partition coefficient (Wildman–Crippen LogP) is 2.23. The lowest BCUT2D eigenvalue weighted by molar-refractivity contribution is -0.382. The molecule has 2 aromatic carbocycles. The Balaban J connectivity index is 1.67. The molecule has 0 aliphatic carbocycles. The van der Waals surface area contributed by atoms with E-state index in [0.29, 0.717) is 5.56 Å². The van der Waals surface area contributed by atoms with E-state index in [-0.39, 0.29) is 13.2 Å². The van der Waals surface area contributed by atoms with Gasteiger partial charge >= 0.3 is 53.7 Å². The van der Waals surface area contributed by atoms with E-state index in [1.807, 2.05) is 0 Å². The van der Waals surface area contributed by atoms with Crippen molar-refractivity contribution in [3.8, 4) is 0 Å². The van der Waals surface area contributed by atoms with E-state index in [1.165, 1.54) is 0 Å². The lowest BCUT2D eigenvalue weighted by Gasteiger charge is -2.50. The van der Waals surface area contributed by atoms with Crippen LogP contribution < -0.4 is 0 Å². The molecule has 5 rings (SSSR count). The number of ether oxygens (including phenoxy) is 16. The molecule has 3 aliphatic rings. The quantitative estimate of drug-likeness (QED) is 0.0875. The standard InChI is InChI=1S/C50H61ClO25/c1-25(52)62-23-36-41(43(68-29(5)56)45(69-30(6)57)48(72-36)64-21-34-17-13-10-14-18-34)75-49-47(71-32(8)59)44(40(66-27(3)54)37(74-49)24-63-38(60)19-51)76-50-46(70-31(7)58)42(67-28(4)55)39(65-26(2)53)35(73-50)22-61-20-33-15-11-9-12-16-33/h9-18,35-37,39-50H,19-24H2,1-8H3/t35-,36-,37-,39+,40+,41-,42+,43+,44+,45-,46-,47-,48-,49+,50+/m1/s1. The molecule has 0 unspecified atom stereocenters. The third-order valence-electron chi connectivity index (χ3n) is 11.1. The molecule has 25 nitrogen and oxygen atoms in total. The highest BCUT2D eigenvalue weighted by atomic mass is 35.5. The van der Waals surface area contributed by atoms with E-state index in [1.54, 1.807) is 60.7 Å². The summed E-state index contributed by atoms with van der Waals surface area (Å²) in [6.45, 7) is 6.24. The zero-order valence-corrected chi connectivity index (χ0v) is 43.5. The van der Waals surface area contributed by atoms with Crippen molar-refractivity contribution in [1.29, 1.82) is 0 Å². The molecule has 2 aromatic rings. The van der Waals surface area contributed by atoms with Crippen LogP contribution in [-0.4, -0.2) is 172 Å². The minimum absolute atomic E-state index is 0.00869. The number of hydrogen-bond donors (Lipinski definition) is 0. The molecule has 0 radical (unpaired) electrons. The van der Waals surface area contributed by atoms with Crippen LogP contribution >= 0.6 is 11.6 Å². The number of hydrogen-bond acceptors (Lipinski definition) is 25. The highest BCUT2D eigenvalue weighted by molar-refractivity contribution is 6.26. The van der Waals surface area contributed by atoms with Crippen LogP contribution in [0.2, 0.25) is 0 Å². The number of benzene rings is 2. The van der Waals surface area contributed by atoms with Crippen molar-refractivity contribution >= 4 is 65.3 Å². The average molecular weight is 1100 g/mol. The van der Waals surface area contributed by atoms with Crippen LogP contribution in [0.15, 0.2) is 60.7 Å². The second-order valence-corrected chi connectivity index (χ2v) is 17.5. The number of rotatable bonds is 23. The minimum Gasteiger partial charge on any atom is -0.463 e. The fraction of sp³-hybridized carbons (Fsp3) is 0.580. The summed E-state index contributed by atoms with van der Waals surface area (Å²) in [5, 5.41) is 0. The van der Waals surface area contributed by atoms with Crippen LogP contribution in [0.25, 0.3) is 0 Å². The van der Waals surface area contributed by atoms with Gasteiger partial charge in [-0.3, -0.25) is 43.2 Å². The zero-order chi connectivity index (χ0) is 55.6. The first-order chi connectivity index (χ1) is 36.1. The van der Waals surface area contributed by atoms with E-state index < -0.39 is 172 Å². The van der Waals surface area contributed by atoms with Crippen LogP contribution in [-0.2, 0) is 132 Å². The molecule has 3 saturated heterocycles. The van der Waals surface area contributed by atoms with Gasteiger partial charge in [-0.25, -0.2) is 0 Å². The first-order valence-corrected chi connectivity index (χ1v) is 24.3. The van der Waals surface area contributed by atoms with Gasteiger partial charge in [-0.15, -0.1) is 11.6 Å². The summed E-state index contributed by atoms with van der Waals surface area (Å²) in [6.07, 6.45) is -26.2. The smallest absolute Gasteiger partial charge is 0.320 e. The molecule has 76 heavy (non-hydrogen) atoms. The number of esters is 9. The van der Waals surface area contributed by atoms with Gasteiger partial charge in [0.25, 0.3) is 0 Å². The van der Waals surface area contributed by atoms with Crippen molar-refractivity contribution in [1.82, 2.24) is 0 Å². The molecular formula is C50H61ClO25. The first-order valence-electron chi connectivity index (χ1n) is 23.7. The Hall–Kier alpha value is -6.32. The van der Waals surface area contributed by atoms with Crippen molar-refractivity contribution in [3.63, 3.8) is 0 Å². The summed E-state index contributed by atoms with van der Waals surface area (Å²) in [4.78, 5) is 116. The van der Waals surface area contributed by atoms with Crippen LogP contribution in [0.1, 0.15) is 66.5 Å². The summed E-state index contributed by atoms with van der Waals surface area (Å²) < 4.78 is 95.2. The number of halogens is 1. The second kappa shape index (κ2) is 29.3. The Labute approximate surface area is 441 Å². The molecule has 0 amide bonds. The van der Waals surface area contributed by atoms with E-state index in [9.17, 15) is 43.2 Å². The van der Waals surface area contributed by atoms with Crippen molar-refractivity contribution in [3.05, 3.63) is 71.8 Å². The maximum atomic E-state index is 13.3. The lowest BCUT2D eigenvalue weighted by atomic mass is 9.95. The number of carbonyl (C=O) groups excluding carboxylic acids is 9. The third kappa shape index (κ3) is 18.2. The Bertz CT molecular complexity index is 2300. The molecule has 0 aromatic heterocycles. The summed E-state index contributed by atoms with van der Waals surface area (Å²) in [7, 11) is 0. The van der Waals surface area contributed by atoms with Gasteiger partial charge in [0.05, 0.1) is 19.8 Å². The molecule has 418 valence electrons. The molecule has 3 fully saturated rings. The van der Waals surface area contributed by atoms with Gasteiger partial charge < -0.3 is 75.8 Å². The van der Waals surface area contributed by atoms with Gasteiger partial charge in [0.2, 0.25) is 0 Å². The number of carbonyl (C=O) groups is 9. The minimum atomic E-state index is -2.05. The molecule has 0 N–H and O–H groups in total. The Morgan fingerprint density at radius 1 is 0.395 bits per heavy atom. The molecule has 3 aliphatic heterocycles. The maximum Gasteiger partial charge on any atom is 0.320 e.